The van der Waals surface area contributed by atoms with Crippen molar-refractivity contribution in [2.45, 2.75) is 20.8 Å². The zero-order chi connectivity index (χ0) is 13.0. The molecule has 0 aliphatic carbocycles. The Morgan fingerprint density at radius 3 is 2.71 bits per heavy atom. The maximum absolute atomic E-state index is 11.9. The quantitative estimate of drug-likeness (QED) is 0.896. The molecule has 3 N–H and O–H groups in total. The van der Waals surface area contributed by atoms with Gasteiger partial charge in [0.2, 0.25) is 5.91 Å². The number of nitrogens with zero attached hydrogens (tertiary/aromatic N) is 1. The van der Waals surface area contributed by atoms with Gasteiger partial charge in [0.05, 0.1) is 5.92 Å². The Labute approximate surface area is 110 Å². The Morgan fingerprint density at radius 1 is 1.59 bits per heavy atom. The zero-order valence-electron chi connectivity index (χ0n) is 10.3. The highest BCUT2D eigenvalue weighted by Crippen LogP contribution is 2.18. The Bertz CT molecular complexity index is 407. The van der Waals surface area contributed by atoms with Gasteiger partial charge in [-0.3, -0.25) is 4.79 Å². The number of nitrogens with two attached hydrogens (primary N) is 1. The van der Waals surface area contributed by atoms with E-state index in [1.54, 1.807) is 6.20 Å². The lowest BCUT2D eigenvalue weighted by atomic mass is 9.95. The molecule has 1 rings (SSSR count). The molecule has 1 atom stereocenters. The van der Waals surface area contributed by atoms with Crippen LogP contribution in [0.3, 0.4) is 0 Å². The van der Waals surface area contributed by atoms with Crippen molar-refractivity contribution in [2.75, 3.05) is 11.9 Å². The Hall–Kier alpha value is -0.940. The van der Waals surface area contributed by atoms with Gasteiger partial charge in [0.1, 0.15) is 5.82 Å². The van der Waals surface area contributed by atoms with Crippen LogP contribution in [0.5, 0.6) is 0 Å². The molecule has 0 bridgehead atoms. The molecule has 0 fully saturated rings. The minimum Gasteiger partial charge on any atom is -0.330 e. The van der Waals surface area contributed by atoms with Gasteiger partial charge in [0, 0.05) is 17.2 Å². The van der Waals surface area contributed by atoms with Gasteiger partial charge < -0.3 is 11.1 Å². The Balaban J connectivity index is 2.77. The number of rotatable bonds is 4. The predicted molar refractivity (Wildman–Crippen MR) is 72.7 cm³/mol. The van der Waals surface area contributed by atoms with Crippen molar-refractivity contribution in [1.82, 2.24) is 4.98 Å². The largest absolute Gasteiger partial charge is 0.330 e. The van der Waals surface area contributed by atoms with Gasteiger partial charge in [0.15, 0.2) is 0 Å². The molecule has 0 saturated carbocycles. The second-order valence-corrected chi connectivity index (χ2v) is 5.25. The fourth-order valence-corrected chi connectivity index (χ4v) is 1.73. The predicted octanol–water partition coefficient (Wildman–Crippen LogP) is 2.32. The molecule has 1 unspecified atom stereocenters. The molecule has 17 heavy (non-hydrogen) atoms. The van der Waals surface area contributed by atoms with Crippen molar-refractivity contribution in [2.24, 2.45) is 17.6 Å². The number of aromatic nitrogens is 1. The van der Waals surface area contributed by atoms with Gasteiger partial charge in [-0.05, 0) is 40.4 Å². The van der Waals surface area contributed by atoms with Crippen molar-refractivity contribution < 1.29 is 4.79 Å². The van der Waals surface area contributed by atoms with Gasteiger partial charge in [-0.2, -0.15) is 0 Å². The Morgan fingerprint density at radius 2 is 2.24 bits per heavy atom. The summed E-state index contributed by atoms with van der Waals surface area (Å²) in [5, 5.41) is 2.79. The van der Waals surface area contributed by atoms with Crippen LogP contribution in [0.25, 0.3) is 0 Å². The molecule has 1 heterocycles. The van der Waals surface area contributed by atoms with Crippen LogP contribution >= 0.6 is 15.9 Å². The second-order valence-electron chi connectivity index (χ2n) is 4.39. The van der Waals surface area contributed by atoms with Gasteiger partial charge >= 0.3 is 0 Å². The number of carbonyl (C=O) groups is 1. The van der Waals surface area contributed by atoms with Crippen LogP contribution in [-0.2, 0) is 4.79 Å². The first-order valence-corrected chi connectivity index (χ1v) is 6.38. The fourth-order valence-electron chi connectivity index (χ4n) is 1.51. The molecule has 1 aromatic rings. The van der Waals surface area contributed by atoms with Crippen LogP contribution < -0.4 is 11.1 Å². The van der Waals surface area contributed by atoms with Crippen LogP contribution in [-0.4, -0.2) is 17.4 Å². The molecule has 1 aromatic heterocycles. The summed E-state index contributed by atoms with van der Waals surface area (Å²) in [4.78, 5) is 16.1. The van der Waals surface area contributed by atoms with E-state index in [1.165, 1.54) is 0 Å². The van der Waals surface area contributed by atoms with E-state index in [2.05, 4.69) is 26.2 Å². The minimum atomic E-state index is -0.180. The molecule has 94 valence electrons. The summed E-state index contributed by atoms with van der Waals surface area (Å²) < 4.78 is 0.926. The highest BCUT2D eigenvalue weighted by Gasteiger charge is 2.20. The molecule has 0 saturated heterocycles. The van der Waals surface area contributed by atoms with E-state index in [1.807, 2.05) is 26.8 Å². The summed E-state index contributed by atoms with van der Waals surface area (Å²) in [7, 11) is 0. The number of pyridine rings is 1. The van der Waals surface area contributed by atoms with Crippen LogP contribution in [0.4, 0.5) is 5.82 Å². The van der Waals surface area contributed by atoms with E-state index in [0.717, 1.165) is 10.0 Å². The first kappa shape index (κ1) is 14.1. The highest BCUT2D eigenvalue weighted by atomic mass is 79.9. The highest BCUT2D eigenvalue weighted by molar-refractivity contribution is 9.10. The molecule has 5 heteroatoms. The number of nitrogens with one attached hydrogen (secondary N) is 1. The maximum Gasteiger partial charge on any atom is 0.230 e. The molecule has 0 aliphatic heterocycles. The van der Waals surface area contributed by atoms with Crippen LogP contribution in [0.2, 0.25) is 0 Å². The standard InChI is InChI=1S/C12H18BrN3O/c1-7(2)9(5-14)12(17)16-11-4-8(3)10(13)6-15-11/h4,6-7,9H,5,14H2,1-3H3,(H,15,16,17). The minimum absolute atomic E-state index is 0.0725. The molecule has 1 amide bonds. The lowest BCUT2D eigenvalue weighted by molar-refractivity contribution is -0.120. The van der Waals surface area contributed by atoms with E-state index in [-0.39, 0.29) is 17.7 Å². The lowest BCUT2D eigenvalue weighted by Gasteiger charge is -2.18. The maximum atomic E-state index is 11.9. The van der Waals surface area contributed by atoms with Crippen molar-refractivity contribution in [3.05, 3.63) is 22.3 Å². The van der Waals surface area contributed by atoms with Gasteiger partial charge in [-0.25, -0.2) is 4.98 Å². The SMILES string of the molecule is Cc1cc(NC(=O)C(CN)C(C)C)ncc1Br. The number of anilines is 1. The molecule has 0 aromatic carbocycles. The first-order chi connectivity index (χ1) is 7.95. The summed E-state index contributed by atoms with van der Waals surface area (Å²) in [6.07, 6.45) is 1.68. The van der Waals surface area contributed by atoms with E-state index in [9.17, 15) is 4.79 Å². The Kier molecular flexibility index (Phi) is 5.08. The number of amides is 1. The normalized spacial score (nSPS) is 12.6. The number of halogens is 1. The first-order valence-electron chi connectivity index (χ1n) is 5.58. The van der Waals surface area contributed by atoms with Crippen LogP contribution in [0, 0.1) is 18.8 Å². The molecular weight excluding hydrogens is 282 g/mol. The third-order valence-electron chi connectivity index (χ3n) is 2.69. The van der Waals surface area contributed by atoms with Crippen LogP contribution in [0.15, 0.2) is 16.7 Å². The monoisotopic (exact) mass is 299 g/mol. The number of hydrogen-bond acceptors (Lipinski definition) is 3. The van der Waals surface area contributed by atoms with Gasteiger partial charge in [0.25, 0.3) is 0 Å². The lowest BCUT2D eigenvalue weighted by Crippen LogP contribution is -2.33. The number of aryl methyl sites for hydroxylation is 1. The average molecular weight is 300 g/mol. The van der Waals surface area contributed by atoms with Gasteiger partial charge in [-0.15, -0.1) is 0 Å². The van der Waals surface area contributed by atoms with Gasteiger partial charge in [-0.1, -0.05) is 13.8 Å². The molecule has 4 nitrogen and oxygen atoms in total. The third kappa shape index (κ3) is 3.78. The molecular formula is C12H18BrN3O. The van der Waals surface area contributed by atoms with Crippen molar-refractivity contribution in [1.29, 1.82) is 0 Å². The van der Waals surface area contributed by atoms with Crippen molar-refractivity contribution >= 4 is 27.7 Å². The van der Waals surface area contributed by atoms with E-state index >= 15 is 0 Å². The van der Waals surface area contributed by atoms with Crippen molar-refractivity contribution in [3.63, 3.8) is 0 Å². The smallest absolute Gasteiger partial charge is 0.230 e. The fraction of sp³-hybridized carbons (Fsp3) is 0.500. The summed E-state index contributed by atoms with van der Waals surface area (Å²) >= 11 is 3.37. The van der Waals surface area contributed by atoms with E-state index in [4.69, 9.17) is 5.73 Å². The zero-order valence-corrected chi connectivity index (χ0v) is 11.9. The summed E-state index contributed by atoms with van der Waals surface area (Å²) in [6, 6.07) is 1.83. The average Bonchev–Trinajstić information content (AvgIpc) is 2.24. The summed E-state index contributed by atoms with van der Waals surface area (Å²) in [5.74, 6) is 0.531. The molecule has 0 radical (unpaired) electrons. The summed E-state index contributed by atoms with van der Waals surface area (Å²) in [6.45, 7) is 6.26. The topological polar surface area (TPSA) is 68.0 Å². The van der Waals surface area contributed by atoms with Crippen LogP contribution in [0.1, 0.15) is 19.4 Å². The summed E-state index contributed by atoms with van der Waals surface area (Å²) in [5.41, 5.74) is 6.63. The molecule has 0 spiro atoms. The van der Waals surface area contributed by atoms with E-state index < -0.39 is 0 Å². The van der Waals surface area contributed by atoms with Crippen molar-refractivity contribution in [3.8, 4) is 0 Å². The number of carbonyl (C=O) groups excluding carboxylic acids is 1. The second kappa shape index (κ2) is 6.12. The molecule has 0 aliphatic rings. The number of hydrogen-bond donors (Lipinski definition) is 2. The van der Waals surface area contributed by atoms with E-state index in [0.29, 0.717) is 12.4 Å². The third-order valence-corrected chi connectivity index (χ3v) is 3.52.